The van der Waals surface area contributed by atoms with Crippen LogP contribution in [-0.2, 0) is 6.54 Å². The molecule has 3 nitrogen and oxygen atoms in total. The minimum atomic E-state index is 0.200. The van der Waals surface area contributed by atoms with Crippen molar-refractivity contribution in [3.63, 3.8) is 0 Å². The minimum absolute atomic E-state index is 0.200. The normalized spacial score (nSPS) is 11.8. The van der Waals surface area contributed by atoms with Crippen LogP contribution in [0, 0.1) is 3.95 Å². The highest BCUT2D eigenvalue weighted by atomic mass is 32.1. The van der Waals surface area contributed by atoms with Crippen molar-refractivity contribution in [3.05, 3.63) is 93.3 Å². The van der Waals surface area contributed by atoms with Gasteiger partial charge in [0.1, 0.15) is 0 Å². The molecule has 0 saturated carbocycles. The van der Waals surface area contributed by atoms with E-state index in [1.54, 1.807) is 10.8 Å². The van der Waals surface area contributed by atoms with E-state index in [4.69, 9.17) is 12.2 Å². The van der Waals surface area contributed by atoms with Crippen LogP contribution >= 0.6 is 23.6 Å². The summed E-state index contributed by atoms with van der Waals surface area (Å²) in [4.78, 5) is 5.07. The number of rotatable bonds is 6. The van der Waals surface area contributed by atoms with Crippen molar-refractivity contribution in [1.29, 1.82) is 0 Å². The zero-order valence-corrected chi connectivity index (χ0v) is 15.7. The van der Waals surface area contributed by atoms with E-state index in [9.17, 15) is 5.11 Å². The number of aliphatic imine (C=N–C) groups is 1. The van der Waals surface area contributed by atoms with Gasteiger partial charge in [0.05, 0.1) is 17.1 Å². The van der Waals surface area contributed by atoms with Crippen LogP contribution in [0.2, 0.25) is 0 Å². The van der Waals surface area contributed by atoms with Gasteiger partial charge in [0.15, 0.2) is 3.95 Å². The molecule has 1 heterocycles. The number of aromatic hydroxyl groups is 1. The van der Waals surface area contributed by atoms with Crippen molar-refractivity contribution in [2.24, 2.45) is 4.99 Å². The molecule has 3 aromatic rings. The molecule has 0 atom stereocenters. The van der Waals surface area contributed by atoms with Crippen LogP contribution in [0.4, 0.5) is 5.69 Å². The third kappa shape index (κ3) is 4.88. The number of thiazole rings is 1. The second-order valence-corrected chi connectivity index (χ2v) is 7.16. The van der Waals surface area contributed by atoms with Crippen LogP contribution in [0.25, 0.3) is 6.08 Å². The Labute approximate surface area is 161 Å². The third-order valence-electron chi connectivity index (χ3n) is 3.61. The SMILES string of the molecule is Oc1c(C=CC=CC=Nc2ccccc2)sc(=S)n1Cc1ccccc1. The van der Waals surface area contributed by atoms with Crippen LogP contribution in [-0.4, -0.2) is 15.9 Å². The number of nitrogens with zero attached hydrogens (tertiary/aromatic N) is 2. The Morgan fingerprint density at radius 3 is 2.38 bits per heavy atom. The van der Waals surface area contributed by atoms with Gasteiger partial charge in [-0.05, 0) is 42.1 Å². The molecule has 0 fully saturated rings. The minimum Gasteiger partial charge on any atom is -0.493 e. The summed E-state index contributed by atoms with van der Waals surface area (Å²) in [5.41, 5.74) is 2.01. The number of allylic oxidation sites excluding steroid dienone is 3. The number of para-hydroxylation sites is 1. The van der Waals surface area contributed by atoms with Crippen molar-refractivity contribution in [3.8, 4) is 5.88 Å². The number of hydrogen-bond donors (Lipinski definition) is 1. The molecule has 5 heteroatoms. The van der Waals surface area contributed by atoms with E-state index in [1.807, 2.05) is 85.0 Å². The fourth-order valence-electron chi connectivity index (χ4n) is 2.33. The van der Waals surface area contributed by atoms with Crippen LogP contribution in [0.1, 0.15) is 10.4 Å². The van der Waals surface area contributed by atoms with Crippen LogP contribution < -0.4 is 0 Å². The summed E-state index contributed by atoms with van der Waals surface area (Å²) in [6.45, 7) is 0.565. The maximum Gasteiger partial charge on any atom is 0.210 e. The van der Waals surface area contributed by atoms with Crippen molar-refractivity contribution >= 4 is 41.5 Å². The van der Waals surface area contributed by atoms with E-state index in [1.165, 1.54) is 11.3 Å². The Bertz CT molecular complexity index is 984. The molecule has 0 amide bonds. The molecule has 1 N–H and O–H groups in total. The first-order valence-corrected chi connectivity index (χ1v) is 9.35. The molecule has 0 aliphatic rings. The van der Waals surface area contributed by atoms with Gasteiger partial charge in [-0.15, -0.1) is 11.3 Å². The van der Waals surface area contributed by atoms with E-state index in [-0.39, 0.29) is 5.88 Å². The molecule has 26 heavy (non-hydrogen) atoms. The summed E-state index contributed by atoms with van der Waals surface area (Å²) in [6.07, 6.45) is 9.17. The first kappa shape index (κ1) is 18.0. The molecule has 0 bridgehead atoms. The molecule has 1 aromatic heterocycles. The van der Waals surface area contributed by atoms with E-state index in [0.717, 1.165) is 16.1 Å². The average molecular weight is 379 g/mol. The van der Waals surface area contributed by atoms with Gasteiger partial charge in [0.25, 0.3) is 0 Å². The summed E-state index contributed by atoms with van der Waals surface area (Å²) in [6, 6.07) is 19.7. The lowest BCUT2D eigenvalue weighted by molar-refractivity contribution is 0.422. The van der Waals surface area contributed by atoms with Crippen molar-refractivity contribution in [2.45, 2.75) is 6.54 Å². The standard InChI is InChI=1S/C21H18N2OS2/c24-20-19(14-8-3-9-15-22-18-12-6-2-7-13-18)26-21(25)23(20)16-17-10-4-1-5-11-17/h1-15,24H,16H2. The second-order valence-electron chi connectivity index (χ2n) is 5.49. The number of aromatic nitrogens is 1. The van der Waals surface area contributed by atoms with Gasteiger partial charge < -0.3 is 5.11 Å². The Kier molecular flexibility index (Phi) is 6.30. The highest BCUT2D eigenvalue weighted by molar-refractivity contribution is 7.73. The van der Waals surface area contributed by atoms with Crippen LogP contribution in [0.5, 0.6) is 5.88 Å². The first-order valence-electron chi connectivity index (χ1n) is 8.13. The maximum atomic E-state index is 10.4. The summed E-state index contributed by atoms with van der Waals surface area (Å²) in [5.74, 6) is 0.200. The number of benzene rings is 2. The molecule has 0 saturated heterocycles. The molecule has 130 valence electrons. The van der Waals surface area contributed by atoms with Crippen molar-refractivity contribution in [1.82, 2.24) is 4.57 Å². The van der Waals surface area contributed by atoms with Gasteiger partial charge in [-0.1, -0.05) is 60.7 Å². The van der Waals surface area contributed by atoms with Crippen molar-refractivity contribution < 1.29 is 5.11 Å². The summed E-state index contributed by atoms with van der Waals surface area (Å²) in [7, 11) is 0. The van der Waals surface area contributed by atoms with E-state index < -0.39 is 0 Å². The topological polar surface area (TPSA) is 37.5 Å². The van der Waals surface area contributed by atoms with Gasteiger partial charge >= 0.3 is 0 Å². The molecule has 0 unspecified atom stereocenters. The molecule has 2 aromatic carbocycles. The molecule has 0 radical (unpaired) electrons. The first-order chi connectivity index (χ1) is 12.7. The van der Waals surface area contributed by atoms with Gasteiger partial charge in [0.2, 0.25) is 5.88 Å². The van der Waals surface area contributed by atoms with E-state index >= 15 is 0 Å². The lowest BCUT2D eigenvalue weighted by Gasteiger charge is -2.04. The van der Waals surface area contributed by atoms with Crippen molar-refractivity contribution in [2.75, 3.05) is 0 Å². The van der Waals surface area contributed by atoms with Gasteiger partial charge in [-0.25, -0.2) is 0 Å². The second kappa shape index (κ2) is 9.08. The fraction of sp³-hybridized carbons (Fsp3) is 0.0476. The largest absolute Gasteiger partial charge is 0.493 e. The number of hydrogen-bond acceptors (Lipinski definition) is 4. The Balaban J connectivity index is 1.65. The van der Waals surface area contributed by atoms with Gasteiger partial charge in [-0.3, -0.25) is 9.56 Å². The van der Waals surface area contributed by atoms with Gasteiger partial charge in [-0.2, -0.15) is 0 Å². The molecule has 3 rings (SSSR count). The van der Waals surface area contributed by atoms with E-state index in [2.05, 4.69) is 4.99 Å². The molecular formula is C21H18N2OS2. The lowest BCUT2D eigenvalue weighted by Crippen LogP contribution is -1.98. The summed E-state index contributed by atoms with van der Waals surface area (Å²) in [5, 5.41) is 10.4. The van der Waals surface area contributed by atoms with E-state index in [0.29, 0.717) is 10.5 Å². The summed E-state index contributed by atoms with van der Waals surface area (Å²) >= 11 is 6.78. The molecule has 0 aliphatic carbocycles. The Hall–Kier alpha value is -2.76. The predicted molar refractivity (Wildman–Crippen MR) is 113 cm³/mol. The molecule has 0 aliphatic heterocycles. The fourth-order valence-corrected chi connectivity index (χ4v) is 3.55. The zero-order chi connectivity index (χ0) is 18.2. The highest BCUT2D eigenvalue weighted by Crippen LogP contribution is 2.28. The monoisotopic (exact) mass is 378 g/mol. The zero-order valence-electron chi connectivity index (χ0n) is 14.0. The maximum absolute atomic E-state index is 10.4. The van der Waals surface area contributed by atoms with Gasteiger partial charge in [0, 0.05) is 6.21 Å². The average Bonchev–Trinajstić information content (AvgIpc) is 2.94. The van der Waals surface area contributed by atoms with Crippen LogP contribution in [0.15, 0.2) is 83.9 Å². The summed E-state index contributed by atoms with van der Waals surface area (Å²) < 4.78 is 2.40. The molecule has 0 spiro atoms. The Morgan fingerprint density at radius 1 is 0.962 bits per heavy atom. The Morgan fingerprint density at radius 2 is 1.65 bits per heavy atom. The molecular weight excluding hydrogens is 360 g/mol. The predicted octanol–water partition coefficient (Wildman–Crippen LogP) is 6.00. The third-order valence-corrected chi connectivity index (χ3v) is 5.02. The smallest absolute Gasteiger partial charge is 0.210 e. The highest BCUT2D eigenvalue weighted by Gasteiger charge is 2.09. The lowest BCUT2D eigenvalue weighted by atomic mass is 10.2. The van der Waals surface area contributed by atoms with Crippen LogP contribution in [0.3, 0.4) is 0 Å². The quantitative estimate of drug-likeness (QED) is 0.324.